The van der Waals surface area contributed by atoms with Crippen molar-refractivity contribution in [1.29, 1.82) is 0 Å². The molecule has 0 aliphatic rings. The number of alkyl halides is 3. The van der Waals surface area contributed by atoms with Crippen LogP contribution in [0.4, 0.5) is 18.9 Å². The highest BCUT2D eigenvalue weighted by Crippen LogP contribution is 2.30. The Hall–Kier alpha value is -2.83. The van der Waals surface area contributed by atoms with Gasteiger partial charge in [-0.3, -0.25) is 9.20 Å². The number of anilines is 1. The lowest BCUT2D eigenvalue weighted by atomic mass is 10.2. The van der Waals surface area contributed by atoms with Crippen LogP contribution in [-0.4, -0.2) is 9.38 Å². The molecular weight excluding hydrogens is 319 g/mol. The monoisotopic (exact) mass is 333 g/mol. The zero-order valence-electron chi connectivity index (χ0n) is 12.8. The standard InChI is InChI=1S/C17H14F3N3O/c1-11-5-6-15-22-14(8-16(24)23(15)10-11)9-21-13-4-2-3-12(7-13)17(18,19)20/h2-8,10,21H,9H2,1H3. The fraction of sp³-hybridized carbons (Fsp3) is 0.176. The van der Waals surface area contributed by atoms with Crippen LogP contribution in [-0.2, 0) is 12.7 Å². The van der Waals surface area contributed by atoms with Gasteiger partial charge in [0.05, 0.1) is 17.8 Å². The molecule has 0 radical (unpaired) electrons. The van der Waals surface area contributed by atoms with E-state index in [2.05, 4.69) is 10.3 Å². The Bertz CT molecular complexity index is 948. The summed E-state index contributed by atoms with van der Waals surface area (Å²) in [4.78, 5) is 16.4. The lowest BCUT2D eigenvalue weighted by Gasteiger charge is -2.11. The van der Waals surface area contributed by atoms with Gasteiger partial charge in [0.15, 0.2) is 0 Å². The van der Waals surface area contributed by atoms with Crippen LogP contribution in [0.25, 0.3) is 5.65 Å². The molecule has 0 spiro atoms. The van der Waals surface area contributed by atoms with Gasteiger partial charge in [-0.05, 0) is 36.8 Å². The number of halogens is 3. The number of hydrogen-bond donors (Lipinski definition) is 1. The molecule has 3 rings (SSSR count). The average Bonchev–Trinajstić information content (AvgIpc) is 2.53. The molecule has 1 aromatic carbocycles. The second-order valence-electron chi connectivity index (χ2n) is 5.45. The van der Waals surface area contributed by atoms with Crippen molar-refractivity contribution in [1.82, 2.24) is 9.38 Å². The van der Waals surface area contributed by atoms with E-state index < -0.39 is 11.7 Å². The van der Waals surface area contributed by atoms with Crippen molar-refractivity contribution < 1.29 is 13.2 Å². The van der Waals surface area contributed by atoms with Gasteiger partial charge >= 0.3 is 6.18 Å². The van der Waals surface area contributed by atoms with Crippen LogP contribution >= 0.6 is 0 Å². The molecule has 0 saturated carbocycles. The van der Waals surface area contributed by atoms with Crippen molar-refractivity contribution in [2.45, 2.75) is 19.6 Å². The number of rotatable bonds is 3. The highest BCUT2D eigenvalue weighted by atomic mass is 19.4. The third kappa shape index (κ3) is 3.40. The first kappa shape index (κ1) is 16.0. The maximum absolute atomic E-state index is 12.7. The molecular formula is C17H14F3N3O. The van der Waals surface area contributed by atoms with Gasteiger partial charge in [0.1, 0.15) is 5.65 Å². The summed E-state index contributed by atoms with van der Waals surface area (Å²) in [5.74, 6) is 0. The quantitative estimate of drug-likeness (QED) is 0.796. The summed E-state index contributed by atoms with van der Waals surface area (Å²) in [6, 6.07) is 9.83. The van der Waals surface area contributed by atoms with Gasteiger partial charge in [-0.25, -0.2) is 4.98 Å². The first-order valence-corrected chi connectivity index (χ1v) is 7.23. The molecule has 0 unspecified atom stereocenters. The molecule has 3 aromatic rings. The molecule has 0 aliphatic carbocycles. The highest BCUT2D eigenvalue weighted by Gasteiger charge is 2.30. The van der Waals surface area contributed by atoms with Crippen molar-refractivity contribution in [2.75, 3.05) is 5.32 Å². The van der Waals surface area contributed by atoms with Crippen molar-refractivity contribution in [3.05, 3.63) is 75.8 Å². The second-order valence-corrected chi connectivity index (χ2v) is 5.45. The zero-order chi connectivity index (χ0) is 17.3. The number of nitrogens with one attached hydrogen (secondary N) is 1. The normalized spacial score (nSPS) is 11.7. The minimum atomic E-state index is -4.39. The van der Waals surface area contributed by atoms with Crippen molar-refractivity contribution in [3.63, 3.8) is 0 Å². The van der Waals surface area contributed by atoms with Gasteiger partial charge in [0, 0.05) is 18.0 Å². The van der Waals surface area contributed by atoms with Crippen molar-refractivity contribution in [2.24, 2.45) is 0 Å². The highest BCUT2D eigenvalue weighted by molar-refractivity contribution is 5.47. The Balaban J connectivity index is 1.84. The molecule has 0 fully saturated rings. The van der Waals surface area contributed by atoms with Gasteiger partial charge in [-0.2, -0.15) is 13.2 Å². The van der Waals surface area contributed by atoms with Crippen LogP contribution in [0.5, 0.6) is 0 Å². The van der Waals surface area contributed by atoms with E-state index >= 15 is 0 Å². The molecule has 2 aromatic heterocycles. The zero-order valence-corrected chi connectivity index (χ0v) is 12.8. The number of hydrogen-bond acceptors (Lipinski definition) is 3. The first-order chi connectivity index (χ1) is 11.3. The lowest BCUT2D eigenvalue weighted by Crippen LogP contribution is -2.17. The van der Waals surface area contributed by atoms with Crippen LogP contribution in [0.1, 0.15) is 16.8 Å². The van der Waals surface area contributed by atoms with E-state index in [-0.39, 0.29) is 12.1 Å². The molecule has 1 N–H and O–H groups in total. The molecule has 2 heterocycles. The van der Waals surface area contributed by atoms with E-state index in [9.17, 15) is 18.0 Å². The summed E-state index contributed by atoms with van der Waals surface area (Å²) < 4.78 is 39.6. The summed E-state index contributed by atoms with van der Waals surface area (Å²) in [7, 11) is 0. The average molecular weight is 333 g/mol. The maximum atomic E-state index is 12.7. The number of aryl methyl sites for hydroxylation is 1. The van der Waals surface area contributed by atoms with Gasteiger partial charge in [-0.15, -0.1) is 0 Å². The smallest absolute Gasteiger partial charge is 0.379 e. The Morgan fingerprint density at radius 3 is 2.71 bits per heavy atom. The van der Waals surface area contributed by atoms with Crippen LogP contribution in [0.2, 0.25) is 0 Å². The van der Waals surface area contributed by atoms with E-state index in [1.54, 1.807) is 12.3 Å². The fourth-order valence-corrected chi connectivity index (χ4v) is 2.35. The van der Waals surface area contributed by atoms with Crippen molar-refractivity contribution >= 4 is 11.3 Å². The Morgan fingerprint density at radius 1 is 1.17 bits per heavy atom. The maximum Gasteiger partial charge on any atom is 0.416 e. The molecule has 0 saturated heterocycles. The first-order valence-electron chi connectivity index (χ1n) is 7.23. The Labute approximate surface area is 135 Å². The molecule has 7 heteroatoms. The third-order valence-corrected chi connectivity index (χ3v) is 3.52. The summed E-state index contributed by atoms with van der Waals surface area (Å²) in [5.41, 5.74) is 1.24. The minimum absolute atomic E-state index is 0.154. The second kappa shape index (κ2) is 5.99. The number of nitrogens with zero attached hydrogens (tertiary/aromatic N) is 2. The topological polar surface area (TPSA) is 46.4 Å². The summed E-state index contributed by atoms with van der Waals surface area (Å²) in [6.45, 7) is 2.02. The van der Waals surface area contributed by atoms with Gasteiger partial charge in [-0.1, -0.05) is 12.1 Å². The fourth-order valence-electron chi connectivity index (χ4n) is 2.35. The van der Waals surface area contributed by atoms with Gasteiger partial charge < -0.3 is 5.32 Å². The minimum Gasteiger partial charge on any atom is -0.379 e. The summed E-state index contributed by atoms with van der Waals surface area (Å²) in [6.07, 6.45) is -2.70. The van der Waals surface area contributed by atoms with Crippen molar-refractivity contribution in [3.8, 4) is 0 Å². The largest absolute Gasteiger partial charge is 0.416 e. The molecule has 0 amide bonds. The number of benzene rings is 1. The number of pyridine rings is 1. The van der Waals surface area contributed by atoms with E-state index in [1.165, 1.54) is 22.6 Å². The van der Waals surface area contributed by atoms with E-state index in [1.807, 2.05) is 13.0 Å². The van der Waals surface area contributed by atoms with Gasteiger partial charge in [0.25, 0.3) is 5.56 Å². The SMILES string of the molecule is Cc1ccc2nc(CNc3cccc(C(F)(F)F)c3)cc(=O)n2c1. The summed E-state index contributed by atoms with van der Waals surface area (Å²) in [5, 5.41) is 2.87. The van der Waals surface area contributed by atoms with E-state index in [4.69, 9.17) is 0 Å². The molecule has 0 bridgehead atoms. The predicted octanol–water partition coefficient (Wildman–Crippen LogP) is 3.63. The van der Waals surface area contributed by atoms with Crippen LogP contribution < -0.4 is 10.9 Å². The number of fused-ring (bicyclic) bond motifs is 1. The predicted molar refractivity (Wildman–Crippen MR) is 85.0 cm³/mol. The third-order valence-electron chi connectivity index (χ3n) is 3.52. The number of aromatic nitrogens is 2. The van der Waals surface area contributed by atoms with Crippen LogP contribution in [0, 0.1) is 6.92 Å². The Kier molecular flexibility index (Phi) is 4.01. The van der Waals surface area contributed by atoms with Crippen LogP contribution in [0.3, 0.4) is 0 Å². The molecule has 0 atom stereocenters. The van der Waals surface area contributed by atoms with E-state index in [0.29, 0.717) is 17.0 Å². The molecule has 24 heavy (non-hydrogen) atoms. The van der Waals surface area contributed by atoms with Gasteiger partial charge in [0.2, 0.25) is 0 Å². The van der Waals surface area contributed by atoms with Crippen LogP contribution in [0.15, 0.2) is 53.5 Å². The molecule has 0 aliphatic heterocycles. The molecule has 4 nitrogen and oxygen atoms in total. The Morgan fingerprint density at radius 2 is 1.96 bits per heavy atom. The summed E-state index contributed by atoms with van der Waals surface area (Å²) >= 11 is 0. The van der Waals surface area contributed by atoms with E-state index in [0.717, 1.165) is 17.7 Å². The molecule has 124 valence electrons. The lowest BCUT2D eigenvalue weighted by molar-refractivity contribution is -0.137.